The van der Waals surface area contributed by atoms with E-state index in [-0.39, 0.29) is 0 Å². The second-order valence-corrected chi connectivity index (χ2v) is 5.00. The van der Waals surface area contributed by atoms with E-state index in [0.717, 1.165) is 4.47 Å². The molecule has 0 atom stereocenters. The molecule has 0 spiro atoms. The Morgan fingerprint density at radius 2 is 2.08 bits per heavy atom. The van der Waals surface area contributed by atoms with E-state index in [0.29, 0.717) is 6.04 Å². The van der Waals surface area contributed by atoms with Gasteiger partial charge in [-0.1, -0.05) is 15.9 Å². The molecular weight excluding hydrogens is 329 g/mol. The molecule has 0 heterocycles. The summed E-state index contributed by atoms with van der Waals surface area (Å²) in [5.74, 6) is 0. The fraction of sp³-hybridized carbons (Fsp3) is 0.333. The molecule has 1 aromatic rings. The van der Waals surface area contributed by atoms with Crippen LogP contribution in [0.2, 0.25) is 0 Å². The van der Waals surface area contributed by atoms with Gasteiger partial charge in [0.05, 0.1) is 0 Å². The third-order valence-electron chi connectivity index (χ3n) is 1.37. The minimum atomic E-state index is 0.479. The number of benzene rings is 1. The molecule has 66 valence electrons. The normalized spacial score (nSPS) is 10.4. The molecule has 0 aliphatic heterocycles. The molecule has 0 amide bonds. The van der Waals surface area contributed by atoms with Crippen molar-refractivity contribution in [2.75, 3.05) is 5.32 Å². The van der Waals surface area contributed by atoms with Gasteiger partial charge in [0.1, 0.15) is 0 Å². The van der Waals surface area contributed by atoms with E-state index in [2.05, 4.69) is 69.8 Å². The van der Waals surface area contributed by atoms with Crippen LogP contribution < -0.4 is 5.32 Å². The predicted octanol–water partition coefficient (Wildman–Crippen LogP) is 3.87. The van der Waals surface area contributed by atoms with Crippen LogP contribution in [-0.2, 0) is 0 Å². The summed E-state index contributed by atoms with van der Waals surface area (Å²) in [6, 6.07) is 6.72. The van der Waals surface area contributed by atoms with Crippen LogP contribution in [-0.4, -0.2) is 6.04 Å². The van der Waals surface area contributed by atoms with Crippen LogP contribution in [0.25, 0.3) is 0 Å². The molecular formula is C9H11BrIN. The van der Waals surface area contributed by atoms with Crippen LogP contribution in [0.1, 0.15) is 13.8 Å². The lowest BCUT2D eigenvalue weighted by Crippen LogP contribution is -2.10. The van der Waals surface area contributed by atoms with E-state index in [1.54, 1.807) is 0 Å². The summed E-state index contributed by atoms with van der Waals surface area (Å²) in [5, 5.41) is 3.38. The van der Waals surface area contributed by atoms with E-state index in [4.69, 9.17) is 0 Å². The molecule has 0 unspecified atom stereocenters. The van der Waals surface area contributed by atoms with E-state index in [1.165, 1.54) is 9.26 Å². The molecule has 0 saturated carbocycles. The Labute approximate surface area is 95.2 Å². The van der Waals surface area contributed by atoms with Gasteiger partial charge in [0, 0.05) is 19.8 Å². The highest BCUT2D eigenvalue weighted by Gasteiger charge is 2.00. The maximum atomic E-state index is 3.44. The smallest absolute Gasteiger partial charge is 0.0489 e. The number of hydrogen-bond donors (Lipinski definition) is 1. The molecule has 0 aromatic heterocycles. The van der Waals surface area contributed by atoms with Crippen molar-refractivity contribution in [1.82, 2.24) is 0 Å². The van der Waals surface area contributed by atoms with Gasteiger partial charge in [0.25, 0.3) is 0 Å². The average Bonchev–Trinajstić information content (AvgIpc) is 1.96. The molecule has 0 aliphatic rings. The summed E-state index contributed by atoms with van der Waals surface area (Å²) in [6.07, 6.45) is 0. The number of hydrogen-bond acceptors (Lipinski definition) is 1. The van der Waals surface area contributed by atoms with E-state index in [1.807, 2.05) is 6.07 Å². The number of anilines is 1. The first-order valence-corrected chi connectivity index (χ1v) is 5.68. The van der Waals surface area contributed by atoms with Gasteiger partial charge in [-0.2, -0.15) is 0 Å². The average molecular weight is 340 g/mol. The van der Waals surface area contributed by atoms with Crippen LogP contribution in [0, 0.1) is 3.57 Å². The third-order valence-corrected chi connectivity index (χ3v) is 2.81. The Kier molecular flexibility index (Phi) is 3.83. The van der Waals surface area contributed by atoms with Crippen molar-refractivity contribution in [3.63, 3.8) is 0 Å². The Hall–Kier alpha value is 0.230. The van der Waals surface area contributed by atoms with E-state index in [9.17, 15) is 0 Å². The van der Waals surface area contributed by atoms with Crippen LogP contribution in [0.5, 0.6) is 0 Å². The fourth-order valence-electron chi connectivity index (χ4n) is 0.919. The zero-order valence-corrected chi connectivity index (χ0v) is 10.8. The Balaban J connectivity index is 2.90. The van der Waals surface area contributed by atoms with Gasteiger partial charge in [0.2, 0.25) is 0 Å². The molecule has 0 bridgehead atoms. The van der Waals surface area contributed by atoms with Crippen LogP contribution >= 0.6 is 38.5 Å². The summed E-state index contributed by atoms with van der Waals surface area (Å²) in [7, 11) is 0. The number of halogens is 2. The van der Waals surface area contributed by atoms with Crippen molar-refractivity contribution in [1.29, 1.82) is 0 Å². The zero-order chi connectivity index (χ0) is 9.14. The van der Waals surface area contributed by atoms with Crippen LogP contribution in [0.4, 0.5) is 5.69 Å². The molecule has 0 aliphatic carbocycles. The summed E-state index contributed by atoms with van der Waals surface area (Å²) >= 11 is 5.77. The number of rotatable bonds is 2. The molecule has 0 saturated heterocycles. The highest BCUT2D eigenvalue weighted by molar-refractivity contribution is 14.1. The SMILES string of the molecule is CC(C)Nc1cc(Br)ccc1I. The zero-order valence-electron chi connectivity index (χ0n) is 7.07. The molecule has 12 heavy (non-hydrogen) atoms. The van der Waals surface area contributed by atoms with Crippen molar-refractivity contribution in [3.8, 4) is 0 Å². The first-order chi connectivity index (χ1) is 5.59. The van der Waals surface area contributed by atoms with Crippen molar-refractivity contribution in [2.24, 2.45) is 0 Å². The standard InChI is InChI=1S/C9H11BrIN/c1-6(2)12-9-5-7(10)3-4-8(9)11/h3-6,12H,1-2H3. The Morgan fingerprint density at radius 1 is 1.42 bits per heavy atom. The van der Waals surface area contributed by atoms with Crippen molar-refractivity contribution >= 4 is 44.2 Å². The van der Waals surface area contributed by atoms with E-state index < -0.39 is 0 Å². The Bertz CT molecular complexity index is 273. The first kappa shape index (κ1) is 10.3. The lowest BCUT2D eigenvalue weighted by molar-refractivity contribution is 0.898. The van der Waals surface area contributed by atoms with E-state index >= 15 is 0 Å². The molecule has 0 radical (unpaired) electrons. The quantitative estimate of drug-likeness (QED) is 0.806. The van der Waals surface area contributed by atoms with Gasteiger partial charge in [-0.05, 0) is 54.6 Å². The number of nitrogens with one attached hydrogen (secondary N) is 1. The summed E-state index contributed by atoms with van der Waals surface area (Å²) in [4.78, 5) is 0. The summed E-state index contributed by atoms with van der Waals surface area (Å²) < 4.78 is 2.37. The van der Waals surface area contributed by atoms with Crippen LogP contribution in [0.3, 0.4) is 0 Å². The van der Waals surface area contributed by atoms with Gasteiger partial charge >= 0.3 is 0 Å². The van der Waals surface area contributed by atoms with Gasteiger partial charge < -0.3 is 5.32 Å². The predicted molar refractivity (Wildman–Crippen MR) is 65.6 cm³/mol. The van der Waals surface area contributed by atoms with Crippen molar-refractivity contribution in [2.45, 2.75) is 19.9 Å². The van der Waals surface area contributed by atoms with Gasteiger partial charge in [-0.25, -0.2) is 0 Å². The highest BCUT2D eigenvalue weighted by atomic mass is 127. The minimum absolute atomic E-state index is 0.479. The lowest BCUT2D eigenvalue weighted by atomic mass is 10.3. The summed E-state index contributed by atoms with van der Waals surface area (Å²) in [6.45, 7) is 4.27. The lowest BCUT2D eigenvalue weighted by Gasteiger charge is -2.11. The molecule has 0 fully saturated rings. The maximum absolute atomic E-state index is 3.44. The third kappa shape index (κ3) is 2.94. The van der Waals surface area contributed by atoms with Gasteiger partial charge in [-0.15, -0.1) is 0 Å². The van der Waals surface area contributed by atoms with Crippen molar-refractivity contribution in [3.05, 3.63) is 26.2 Å². The molecule has 1 rings (SSSR count). The summed E-state index contributed by atoms with van der Waals surface area (Å²) in [5.41, 5.74) is 1.19. The second kappa shape index (κ2) is 4.46. The van der Waals surface area contributed by atoms with Gasteiger partial charge in [0.15, 0.2) is 0 Å². The largest absolute Gasteiger partial charge is 0.382 e. The first-order valence-electron chi connectivity index (χ1n) is 3.81. The minimum Gasteiger partial charge on any atom is -0.382 e. The topological polar surface area (TPSA) is 12.0 Å². The molecule has 1 nitrogen and oxygen atoms in total. The van der Waals surface area contributed by atoms with Gasteiger partial charge in [-0.3, -0.25) is 0 Å². The fourth-order valence-corrected chi connectivity index (χ4v) is 1.77. The molecule has 1 aromatic carbocycles. The maximum Gasteiger partial charge on any atom is 0.0489 e. The molecule has 1 N–H and O–H groups in total. The Morgan fingerprint density at radius 3 is 2.67 bits per heavy atom. The monoisotopic (exact) mass is 339 g/mol. The highest BCUT2D eigenvalue weighted by Crippen LogP contribution is 2.23. The van der Waals surface area contributed by atoms with Crippen molar-refractivity contribution < 1.29 is 0 Å². The van der Waals surface area contributed by atoms with Crippen LogP contribution in [0.15, 0.2) is 22.7 Å². The second-order valence-electron chi connectivity index (χ2n) is 2.92. The molecule has 3 heteroatoms.